The summed E-state index contributed by atoms with van der Waals surface area (Å²) in [5.41, 5.74) is 15.8. The maximum atomic E-state index is 14.4. The predicted molar refractivity (Wildman–Crippen MR) is 273 cm³/mol. The quantitative estimate of drug-likeness (QED) is 0.145. The van der Waals surface area contributed by atoms with Gasteiger partial charge >= 0.3 is 0 Å². The molecule has 66 heavy (non-hydrogen) atoms. The van der Waals surface area contributed by atoms with Crippen molar-refractivity contribution in [2.24, 2.45) is 0 Å². The molecule has 310 valence electrons. The highest BCUT2D eigenvalue weighted by atomic mass is 19.1. The molecule has 13 rings (SSSR count). The van der Waals surface area contributed by atoms with Gasteiger partial charge in [-0.1, -0.05) is 176 Å². The van der Waals surface area contributed by atoms with Crippen LogP contribution in [0, 0.1) is 5.82 Å². The highest BCUT2D eigenvalue weighted by molar-refractivity contribution is 6.15. The maximum absolute atomic E-state index is 14.4. The summed E-state index contributed by atoms with van der Waals surface area (Å²) in [6.07, 6.45) is 0. The number of halogens is 1. The monoisotopic (exact) mass is 844 g/mol. The summed E-state index contributed by atoms with van der Waals surface area (Å²) in [6, 6.07) is 88.6. The van der Waals surface area contributed by atoms with Gasteiger partial charge in [0.15, 0.2) is 0 Å². The molecule has 0 bridgehead atoms. The molecule has 12 aromatic rings. The van der Waals surface area contributed by atoms with Crippen molar-refractivity contribution in [2.45, 2.75) is 5.41 Å². The van der Waals surface area contributed by atoms with E-state index >= 15 is 0 Å². The summed E-state index contributed by atoms with van der Waals surface area (Å²) in [7, 11) is 0. The standard InChI is InChI=1S/C63H41FN2/c64-47-30-34-49(35-31-47)65(62-40-44-15-7-8-20-51(44)52-21-9-10-23-55(52)62)48-32-27-42(28-33-48)43-29-38-61-57(39-43)56-24-12-14-26-60(56)66(61)50-36-37-54-53-22-11-13-25-58(53)63(59(54)41-50,45-16-3-1-4-17-45)46-18-5-2-6-19-46/h1-41H. The Labute approximate surface area is 382 Å². The van der Waals surface area contributed by atoms with Crippen molar-refractivity contribution in [3.8, 4) is 27.9 Å². The van der Waals surface area contributed by atoms with Gasteiger partial charge < -0.3 is 9.47 Å². The van der Waals surface area contributed by atoms with Crippen LogP contribution in [0.2, 0.25) is 0 Å². The third kappa shape index (κ3) is 5.73. The lowest BCUT2D eigenvalue weighted by Gasteiger charge is -2.34. The number of anilines is 3. The first-order chi connectivity index (χ1) is 32.6. The Bertz CT molecular complexity index is 3770. The van der Waals surface area contributed by atoms with Crippen molar-refractivity contribution in [1.82, 2.24) is 4.57 Å². The average molecular weight is 845 g/mol. The fraction of sp³-hybridized carbons (Fsp3) is 0.0159. The minimum absolute atomic E-state index is 0.261. The highest BCUT2D eigenvalue weighted by Crippen LogP contribution is 2.56. The molecule has 0 atom stereocenters. The van der Waals surface area contributed by atoms with Crippen LogP contribution in [0.4, 0.5) is 21.5 Å². The van der Waals surface area contributed by atoms with Gasteiger partial charge in [-0.05, 0) is 133 Å². The zero-order valence-corrected chi connectivity index (χ0v) is 35.9. The molecule has 0 saturated carbocycles. The number of aromatic nitrogens is 1. The second kappa shape index (κ2) is 15.0. The van der Waals surface area contributed by atoms with Gasteiger partial charge in [-0.15, -0.1) is 0 Å². The smallest absolute Gasteiger partial charge is 0.123 e. The van der Waals surface area contributed by atoms with Crippen molar-refractivity contribution in [3.63, 3.8) is 0 Å². The van der Waals surface area contributed by atoms with E-state index in [9.17, 15) is 4.39 Å². The first-order valence-electron chi connectivity index (χ1n) is 22.6. The lowest BCUT2D eigenvalue weighted by Crippen LogP contribution is -2.28. The van der Waals surface area contributed by atoms with Crippen LogP contribution in [-0.2, 0) is 5.41 Å². The second-order valence-corrected chi connectivity index (χ2v) is 17.4. The van der Waals surface area contributed by atoms with Crippen LogP contribution in [0.1, 0.15) is 22.3 Å². The fourth-order valence-electron chi connectivity index (χ4n) is 11.0. The molecule has 0 amide bonds. The number of fused-ring (bicyclic) bond motifs is 9. The molecule has 11 aromatic carbocycles. The summed E-state index contributed by atoms with van der Waals surface area (Å²) >= 11 is 0. The lowest BCUT2D eigenvalue weighted by atomic mass is 9.67. The predicted octanol–water partition coefficient (Wildman–Crippen LogP) is 16.7. The number of rotatable bonds is 7. The molecule has 0 unspecified atom stereocenters. The van der Waals surface area contributed by atoms with Crippen LogP contribution in [0.15, 0.2) is 249 Å². The Morgan fingerprint density at radius 3 is 1.67 bits per heavy atom. The van der Waals surface area contributed by atoms with Crippen molar-refractivity contribution >= 4 is 60.4 Å². The molecule has 0 radical (unpaired) electrons. The van der Waals surface area contributed by atoms with Gasteiger partial charge in [0, 0.05) is 33.2 Å². The van der Waals surface area contributed by atoms with E-state index in [1.165, 1.54) is 67.1 Å². The van der Waals surface area contributed by atoms with Crippen LogP contribution in [-0.4, -0.2) is 4.57 Å². The van der Waals surface area contributed by atoms with E-state index in [2.05, 4.69) is 234 Å². The zero-order valence-electron chi connectivity index (χ0n) is 35.9. The highest BCUT2D eigenvalue weighted by Gasteiger charge is 2.46. The fourth-order valence-corrected chi connectivity index (χ4v) is 11.0. The maximum Gasteiger partial charge on any atom is 0.123 e. The summed E-state index contributed by atoms with van der Waals surface area (Å²) < 4.78 is 16.8. The molecule has 1 aliphatic rings. The summed E-state index contributed by atoms with van der Waals surface area (Å²) in [6.45, 7) is 0. The van der Waals surface area contributed by atoms with Gasteiger partial charge in [0.1, 0.15) is 5.82 Å². The zero-order chi connectivity index (χ0) is 43.8. The number of hydrogen-bond acceptors (Lipinski definition) is 1. The third-order valence-corrected chi connectivity index (χ3v) is 13.9. The Hall–Kier alpha value is -8.53. The number of benzene rings is 11. The number of para-hydroxylation sites is 1. The minimum atomic E-state index is -0.490. The first-order valence-corrected chi connectivity index (χ1v) is 22.6. The van der Waals surface area contributed by atoms with Gasteiger partial charge in [0.2, 0.25) is 0 Å². The SMILES string of the molecule is Fc1ccc(N(c2ccc(-c3ccc4c(c3)c3ccccc3n4-c3ccc4c(c3)C(c3ccccc3)(c3ccccc3)c3ccccc3-4)cc2)c2cc3ccccc3c3ccccc23)cc1. The Balaban J connectivity index is 0.947. The van der Waals surface area contributed by atoms with E-state index in [1.807, 2.05) is 12.1 Å². The van der Waals surface area contributed by atoms with E-state index in [4.69, 9.17) is 0 Å². The van der Waals surface area contributed by atoms with E-state index in [-0.39, 0.29) is 5.82 Å². The van der Waals surface area contributed by atoms with Crippen molar-refractivity contribution in [1.29, 1.82) is 0 Å². The normalized spacial score (nSPS) is 12.7. The van der Waals surface area contributed by atoms with E-state index < -0.39 is 5.41 Å². The van der Waals surface area contributed by atoms with Crippen LogP contribution in [0.5, 0.6) is 0 Å². The topological polar surface area (TPSA) is 8.17 Å². The van der Waals surface area contributed by atoms with Crippen LogP contribution in [0.3, 0.4) is 0 Å². The van der Waals surface area contributed by atoms with E-state index in [0.717, 1.165) is 55.7 Å². The van der Waals surface area contributed by atoms with Crippen molar-refractivity contribution in [2.75, 3.05) is 4.90 Å². The molecule has 0 saturated heterocycles. The molecular formula is C63H41FN2. The summed E-state index contributed by atoms with van der Waals surface area (Å²) in [5.74, 6) is -0.261. The molecule has 0 aliphatic heterocycles. The Kier molecular flexibility index (Phi) is 8.66. The molecule has 1 heterocycles. The van der Waals surface area contributed by atoms with Gasteiger partial charge in [0.05, 0.1) is 22.1 Å². The number of hydrogen-bond donors (Lipinski definition) is 0. The third-order valence-electron chi connectivity index (χ3n) is 13.9. The van der Waals surface area contributed by atoms with E-state index in [0.29, 0.717) is 0 Å². The van der Waals surface area contributed by atoms with Gasteiger partial charge in [-0.2, -0.15) is 0 Å². The van der Waals surface area contributed by atoms with Crippen LogP contribution >= 0.6 is 0 Å². The second-order valence-electron chi connectivity index (χ2n) is 17.4. The summed E-state index contributed by atoms with van der Waals surface area (Å²) in [5, 5.41) is 7.07. The lowest BCUT2D eigenvalue weighted by molar-refractivity contribution is 0.628. The largest absolute Gasteiger partial charge is 0.310 e. The minimum Gasteiger partial charge on any atom is -0.310 e. The molecule has 1 aliphatic carbocycles. The molecule has 2 nitrogen and oxygen atoms in total. The van der Waals surface area contributed by atoms with Gasteiger partial charge in [0.25, 0.3) is 0 Å². The Morgan fingerprint density at radius 2 is 0.924 bits per heavy atom. The Morgan fingerprint density at radius 1 is 0.364 bits per heavy atom. The van der Waals surface area contributed by atoms with Crippen molar-refractivity contribution in [3.05, 3.63) is 277 Å². The summed E-state index contributed by atoms with van der Waals surface area (Å²) in [4.78, 5) is 2.24. The van der Waals surface area contributed by atoms with Gasteiger partial charge in [-0.25, -0.2) is 4.39 Å². The molecule has 0 N–H and O–H groups in total. The van der Waals surface area contributed by atoms with Crippen LogP contribution < -0.4 is 4.90 Å². The first kappa shape index (κ1) is 38.0. The molecule has 1 aromatic heterocycles. The van der Waals surface area contributed by atoms with Gasteiger partial charge in [-0.3, -0.25) is 0 Å². The molecular weight excluding hydrogens is 804 g/mol. The molecule has 0 spiro atoms. The number of nitrogens with zero attached hydrogens (tertiary/aromatic N) is 2. The van der Waals surface area contributed by atoms with E-state index in [1.54, 1.807) is 0 Å². The van der Waals surface area contributed by atoms with Crippen LogP contribution in [0.25, 0.3) is 71.3 Å². The van der Waals surface area contributed by atoms with Crippen molar-refractivity contribution < 1.29 is 4.39 Å². The average Bonchev–Trinajstić information content (AvgIpc) is 3.88. The molecule has 3 heteroatoms. The molecule has 0 fully saturated rings.